The van der Waals surface area contributed by atoms with Crippen molar-refractivity contribution in [3.63, 3.8) is 0 Å². The highest BCUT2D eigenvalue weighted by Crippen LogP contribution is 2.41. The average Bonchev–Trinajstić information content (AvgIpc) is 2.61. The monoisotopic (exact) mass is 347 g/mol. The molecule has 3 nitrogen and oxygen atoms in total. The Morgan fingerprint density at radius 2 is 1.08 bits per heavy atom. The first-order chi connectivity index (χ1) is 12.4. The van der Waals surface area contributed by atoms with Crippen LogP contribution in [0, 0.1) is 34.6 Å². The summed E-state index contributed by atoms with van der Waals surface area (Å²) >= 11 is 0. The lowest BCUT2D eigenvalue weighted by Gasteiger charge is -2.21. The number of benzene rings is 3. The van der Waals surface area contributed by atoms with Crippen LogP contribution in [0.2, 0.25) is 0 Å². The smallest absolute Gasteiger partial charge is 0.134 e. The van der Waals surface area contributed by atoms with E-state index < -0.39 is 0 Å². The van der Waals surface area contributed by atoms with Crippen molar-refractivity contribution in [2.24, 2.45) is 0 Å². The Balaban J connectivity index is 2.02. The second-order valence-corrected chi connectivity index (χ2v) is 6.75. The maximum atomic E-state index is 6.23. The van der Waals surface area contributed by atoms with Crippen molar-refractivity contribution in [1.82, 2.24) is 0 Å². The highest BCUT2D eigenvalue weighted by atomic mass is 16.5. The number of nitrogens with two attached hydrogens (primary N) is 1. The zero-order valence-electron chi connectivity index (χ0n) is 16.0. The predicted molar refractivity (Wildman–Crippen MR) is 108 cm³/mol. The zero-order valence-corrected chi connectivity index (χ0v) is 16.0. The molecular formula is C23H25NO2. The summed E-state index contributed by atoms with van der Waals surface area (Å²) in [7, 11) is 0. The van der Waals surface area contributed by atoms with Crippen LogP contribution in [0.25, 0.3) is 0 Å². The van der Waals surface area contributed by atoms with Crippen molar-refractivity contribution >= 4 is 5.69 Å². The van der Waals surface area contributed by atoms with Crippen LogP contribution in [-0.4, -0.2) is 0 Å². The van der Waals surface area contributed by atoms with Crippen LogP contribution in [0.1, 0.15) is 27.8 Å². The largest absolute Gasteiger partial charge is 0.457 e. The Hall–Kier alpha value is -2.94. The molecular weight excluding hydrogens is 322 g/mol. The summed E-state index contributed by atoms with van der Waals surface area (Å²) in [6.45, 7) is 10.3. The van der Waals surface area contributed by atoms with E-state index in [9.17, 15) is 0 Å². The first kappa shape index (κ1) is 17.9. The Labute approximate surface area is 155 Å². The minimum atomic E-state index is 0.686. The minimum Gasteiger partial charge on any atom is -0.457 e. The summed E-state index contributed by atoms with van der Waals surface area (Å²) in [6, 6.07) is 15.6. The summed E-state index contributed by atoms with van der Waals surface area (Å²) in [5, 5.41) is 0. The maximum absolute atomic E-state index is 6.23. The number of aryl methyl sites for hydroxylation is 1. The third-order valence-corrected chi connectivity index (χ3v) is 4.77. The fourth-order valence-electron chi connectivity index (χ4n) is 3.04. The van der Waals surface area contributed by atoms with Crippen LogP contribution in [0.3, 0.4) is 0 Å². The summed E-state index contributed by atoms with van der Waals surface area (Å²) in [4.78, 5) is 0. The van der Waals surface area contributed by atoms with Gasteiger partial charge < -0.3 is 15.2 Å². The molecule has 0 fully saturated rings. The summed E-state index contributed by atoms with van der Waals surface area (Å²) in [5.41, 5.74) is 12.0. The Morgan fingerprint density at radius 1 is 0.615 bits per heavy atom. The van der Waals surface area contributed by atoms with Gasteiger partial charge in [-0.15, -0.1) is 0 Å². The van der Waals surface area contributed by atoms with Crippen LogP contribution in [-0.2, 0) is 0 Å². The van der Waals surface area contributed by atoms with Gasteiger partial charge in [0.2, 0.25) is 0 Å². The molecule has 0 heterocycles. The molecule has 0 saturated heterocycles. The van der Waals surface area contributed by atoms with Gasteiger partial charge in [0.05, 0.1) is 0 Å². The molecule has 0 aliphatic rings. The van der Waals surface area contributed by atoms with E-state index in [1.54, 1.807) is 0 Å². The van der Waals surface area contributed by atoms with Crippen molar-refractivity contribution < 1.29 is 9.47 Å². The highest BCUT2D eigenvalue weighted by Gasteiger charge is 2.18. The Kier molecular flexibility index (Phi) is 4.90. The molecule has 0 aliphatic heterocycles. The fraction of sp³-hybridized carbons (Fsp3) is 0.217. The lowest BCUT2D eigenvalue weighted by atomic mass is 9.98. The number of hydrogen-bond donors (Lipinski definition) is 1. The number of hydrogen-bond acceptors (Lipinski definition) is 3. The molecule has 0 atom stereocenters. The van der Waals surface area contributed by atoms with Gasteiger partial charge >= 0.3 is 0 Å². The van der Waals surface area contributed by atoms with Crippen LogP contribution in [0.4, 0.5) is 5.69 Å². The molecule has 0 bridgehead atoms. The van der Waals surface area contributed by atoms with E-state index in [1.165, 1.54) is 5.56 Å². The van der Waals surface area contributed by atoms with Crippen molar-refractivity contribution in [2.45, 2.75) is 34.6 Å². The van der Waals surface area contributed by atoms with Gasteiger partial charge in [-0.05, 0) is 86.7 Å². The lowest BCUT2D eigenvalue weighted by molar-refractivity contribution is 0.456. The van der Waals surface area contributed by atoms with E-state index in [2.05, 4.69) is 40.7 Å². The third kappa shape index (κ3) is 3.52. The van der Waals surface area contributed by atoms with Gasteiger partial charge in [0.25, 0.3) is 0 Å². The van der Waals surface area contributed by atoms with Gasteiger partial charge in [0.1, 0.15) is 23.0 Å². The van der Waals surface area contributed by atoms with E-state index >= 15 is 0 Å². The van der Waals surface area contributed by atoms with E-state index in [0.717, 1.165) is 45.3 Å². The van der Waals surface area contributed by atoms with Crippen LogP contribution >= 0.6 is 0 Å². The average molecular weight is 347 g/mol. The van der Waals surface area contributed by atoms with Crippen molar-refractivity contribution in [3.05, 3.63) is 76.3 Å². The molecule has 3 aromatic rings. The topological polar surface area (TPSA) is 44.5 Å². The fourth-order valence-corrected chi connectivity index (χ4v) is 3.04. The molecule has 2 N–H and O–H groups in total. The van der Waals surface area contributed by atoms with E-state index in [4.69, 9.17) is 15.2 Å². The van der Waals surface area contributed by atoms with Crippen LogP contribution in [0.5, 0.6) is 23.0 Å². The van der Waals surface area contributed by atoms with E-state index in [1.807, 2.05) is 42.5 Å². The molecule has 3 aromatic carbocycles. The number of anilines is 1. The molecule has 0 radical (unpaired) electrons. The standard InChI is InChI=1S/C23H25NO2/c1-14-8-6-10-20(12-14)25-22-15(2)17(4)23(18(5)16(22)3)26-21-11-7-9-19(24)13-21/h6-13H,24H2,1-5H3. The van der Waals surface area contributed by atoms with Gasteiger partial charge in [-0.3, -0.25) is 0 Å². The van der Waals surface area contributed by atoms with Crippen LogP contribution < -0.4 is 15.2 Å². The second kappa shape index (κ2) is 7.12. The third-order valence-electron chi connectivity index (χ3n) is 4.77. The molecule has 0 amide bonds. The SMILES string of the molecule is Cc1cccc(Oc2c(C)c(C)c(Oc3cccc(N)c3)c(C)c2C)c1. The van der Waals surface area contributed by atoms with Crippen molar-refractivity contribution in [3.8, 4) is 23.0 Å². The molecule has 0 saturated carbocycles. The number of rotatable bonds is 4. The predicted octanol–water partition coefficient (Wildman–Crippen LogP) is 6.40. The zero-order chi connectivity index (χ0) is 18.8. The van der Waals surface area contributed by atoms with E-state index in [-0.39, 0.29) is 0 Å². The summed E-state index contributed by atoms with van der Waals surface area (Å²) in [5.74, 6) is 3.34. The van der Waals surface area contributed by atoms with Gasteiger partial charge in [-0.2, -0.15) is 0 Å². The number of ether oxygens (including phenoxy) is 2. The van der Waals surface area contributed by atoms with E-state index in [0.29, 0.717) is 5.69 Å². The molecule has 3 heteroatoms. The summed E-state index contributed by atoms with van der Waals surface area (Å²) in [6.07, 6.45) is 0. The highest BCUT2D eigenvalue weighted by molar-refractivity contribution is 5.59. The minimum absolute atomic E-state index is 0.686. The first-order valence-electron chi connectivity index (χ1n) is 8.75. The van der Waals surface area contributed by atoms with Gasteiger partial charge in [0, 0.05) is 11.8 Å². The molecule has 134 valence electrons. The van der Waals surface area contributed by atoms with Crippen molar-refractivity contribution in [1.29, 1.82) is 0 Å². The van der Waals surface area contributed by atoms with Gasteiger partial charge in [-0.25, -0.2) is 0 Å². The second-order valence-electron chi connectivity index (χ2n) is 6.75. The quantitative estimate of drug-likeness (QED) is 0.556. The molecule has 0 unspecified atom stereocenters. The molecule has 0 aliphatic carbocycles. The lowest BCUT2D eigenvalue weighted by Crippen LogP contribution is -2.01. The Morgan fingerprint density at radius 3 is 1.54 bits per heavy atom. The van der Waals surface area contributed by atoms with Crippen LogP contribution in [0.15, 0.2) is 48.5 Å². The van der Waals surface area contributed by atoms with Crippen molar-refractivity contribution in [2.75, 3.05) is 5.73 Å². The normalized spacial score (nSPS) is 10.7. The van der Waals surface area contributed by atoms with Gasteiger partial charge in [-0.1, -0.05) is 18.2 Å². The number of nitrogen functional groups attached to an aromatic ring is 1. The van der Waals surface area contributed by atoms with Gasteiger partial charge in [0.15, 0.2) is 0 Å². The first-order valence-corrected chi connectivity index (χ1v) is 8.75. The maximum Gasteiger partial charge on any atom is 0.134 e. The molecule has 26 heavy (non-hydrogen) atoms. The summed E-state index contributed by atoms with van der Waals surface area (Å²) < 4.78 is 12.4. The Bertz CT molecular complexity index is 853. The molecule has 0 spiro atoms. The molecule has 3 rings (SSSR count). The molecule has 0 aromatic heterocycles.